The van der Waals surface area contributed by atoms with E-state index in [9.17, 15) is 9.59 Å². The fraction of sp³-hybridized carbons (Fsp3) is 0.333. The number of amides is 2. The molecule has 1 heterocycles. The minimum atomic E-state index is -0.246. The zero-order valence-corrected chi connectivity index (χ0v) is 18.3. The summed E-state index contributed by atoms with van der Waals surface area (Å²) in [5.41, 5.74) is 4.89. The molecule has 0 radical (unpaired) electrons. The number of aryl methyl sites for hydroxylation is 3. The van der Waals surface area contributed by atoms with E-state index in [0.29, 0.717) is 5.76 Å². The first-order chi connectivity index (χ1) is 14.2. The molecular formula is C24H30N3O3+. The molecule has 0 fully saturated rings. The first-order valence-electron chi connectivity index (χ1n) is 10.2. The van der Waals surface area contributed by atoms with Gasteiger partial charge in [0.1, 0.15) is 11.3 Å². The minimum absolute atomic E-state index is 0.110. The summed E-state index contributed by atoms with van der Waals surface area (Å²) in [5.74, 6) is 0.474. The van der Waals surface area contributed by atoms with Crippen LogP contribution in [-0.4, -0.2) is 32.0 Å². The van der Waals surface area contributed by atoms with E-state index in [1.54, 1.807) is 0 Å². The largest absolute Gasteiger partial charge is 0.459 e. The summed E-state index contributed by atoms with van der Waals surface area (Å²) in [4.78, 5) is 25.7. The lowest BCUT2D eigenvalue weighted by atomic mass is 10.1. The van der Waals surface area contributed by atoms with E-state index in [0.717, 1.165) is 32.7 Å². The second kappa shape index (κ2) is 9.13. The van der Waals surface area contributed by atoms with Crippen LogP contribution in [0.25, 0.3) is 11.0 Å². The Balaban J connectivity index is 1.52. The number of benzene rings is 2. The molecule has 2 atom stereocenters. The minimum Gasteiger partial charge on any atom is -0.459 e. The summed E-state index contributed by atoms with van der Waals surface area (Å²) in [6, 6.07) is 13.5. The fourth-order valence-electron chi connectivity index (χ4n) is 3.75. The number of carbonyl (C=O) groups is 2. The highest BCUT2D eigenvalue weighted by Gasteiger charge is 2.19. The first-order valence-corrected chi connectivity index (χ1v) is 10.2. The van der Waals surface area contributed by atoms with Gasteiger partial charge in [0.05, 0.1) is 13.1 Å². The van der Waals surface area contributed by atoms with Gasteiger partial charge in [0, 0.05) is 11.1 Å². The number of fused-ring (bicyclic) bond motifs is 1. The van der Waals surface area contributed by atoms with Crippen molar-refractivity contribution in [1.82, 2.24) is 5.32 Å². The lowest BCUT2D eigenvalue weighted by Crippen LogP contribution is -3.11. The Morgan fingerprint density at radius 2 is 1.63 bits per heavy atom. The molecule has 0 bridgehead atoms. The number of hydrogen-bond acceptors (Lipinski definition) is 3. The maximum Gasteiger partial charge on any atom is 0.279 e. The van der Waals surface area contributed by atoms with Gasteiger partial charge in [-0.3, -0.25) is 9.59 Å². The van der Waals surface area contributed by atoms with Gasteiger partial charge in [-0.2, -0.15) is 0 Å². The van der Waals surface area contributed by atoms with Crippen LogP contribution in [0, 0.1) is 20.8 Å². The zero-order chi connectivity index (χ0) is 21.8. The van der Waals surface area contributed by atoms with Crippen LogP contribution in [0.1, 0.15) is 35.4 Å². The highest BCUT2D eigenvalue weighted by atomic mass is 16.3. The maximum atomic E-state index is 12.5. The van der Waals surface area contributed by atoms with Crippen molar-refractivity contribution in [3.05, 3.63) is 64.9 Å². The van der Waals surface area contributed by atoms with E-state index < -0.39 is 0 Å². The molecule has 3 aromatic rings. The van der Waals surface area contributed by atoms with Crippen LogP contribution in [0.15, 0.2) is 46.9 Å². The van der Waals surface area contributed by atoms with Crippen molar-refractivity contribution in [3.8, 4) is 0 Å². The Morgan fingerprint density at radius 3 is 2.30 bits per heavy atom. The third kappa shape index (κ3) is 5.27. The van der Waals surface area contributed by atoms with Gasteiger partial charge in [-0.25, -0.2) is 0 Å². The predicted octanol–water partition coefficient (Wildman–Crippen LogP) is 2.69. The zero-order valence-electron chi connectivity index (χ0n) is 18.3. The van der Waals surface area contributed by atoms with Crippen LogP contribution >= 0.6 is 0 Å². The second-order valence-corrected chi connectivity index (χ2v) is 8.11. The third-order valence-electron chi connectivity index (χ3n) is 5.11. The Hall–Kier alpha value is -3.12. The van der Waals surface area contributed by atoms with Crippen molar-refractivity contribution < 1.29 is 18.9 Å². The van der Waals surface area contributed by atoms with E-state index in [2.05, 4.69) is 10.6 Å². The highest BCUT2D eigenvalue weighted by Crippen LogP contribution is 2.23. The quantitative estimate of drug-likeness (QED) is 0.563. The van der Waals surface area contributed by atoms with Gasteiger partial charge >= 0.3 is 0 Å². The summed E-state index contributed by atoms with van der Waals surface area (Å²) >= 11 is 0. The molecule has 0 aliphatic carbocycles. The number of hydrogen-bond donors (Lipinski definition) is 3. The number of nitrogens with one attached hydrogen (secondary N) is 3. The fourth-order valence-corrected chi connectivity index (χ4v) is 3.75. The third-order valence-corrected chi connectivity index (χ3v) is 5.11. The van der Waals surface area contributed by atoms with Crippen LogP contribution in [0.5, 0.6) is 0 Å². The number of rotatable bonds is 7. The van der Waals surface area contributed by atoms with E-state index >= 15 is 0 Å². The smallest absolute Gasteiger partial charge is 0.279 e. The van der Waals surface area contributed by atoms with Crippen LogP contribution in [-0.2, 0) is 9.59 Å². The number of quaternary nitrogens is 1. The van der Waals surface area contributed by atoms with Gasteiger partial charge in [-0.1, -0.05) is 35.9 Å². The van der Waals surface area contributed by atoms with E-state index in [4.69, 9.17) is 4.42 Å². The van der Waals surface area contributed by atoms with Gasteiger partial charge in [0.15, 0.2) is 13.1 Å². The van der Waals surface area contributed by atoms with Crippen LogP contribution in [0.4, 0.5) is 5.69 Å². The molecule has 6 nitrogen and oxygen atoms in total. The summed E-state index contributed by atoms with van der Waals surface area (Å²) in [6.45, 7) is 8.30. The van der Waals surface area contributed by atoms with Gasteiger partial charge < -0.3 is 20.0 Å². The monoisotopic (exact) mass is 408 g/mol. The lowest BCUT2D eigenvalue weighted by molar-refractivity contribution is -0.862. The molecule has 3 N–H and O–H groups in total. The van der Waals surface area contributed by atoms with Gasteiger partial charge in [-0.05, 0) is 51.0 Å². The SMILES string of the molecule is Cc1cc(C)c(NC(=O)C[NH+](C)CC(=O)N[C@H](C)c2cc3ccccc3o2)c(C)c1. The maximum absolute atomic E-state index is 12.5. The van der Waals surface area contributed by atoms with Gasteiger partial charge in [0.25, 0.3) is 11.8 Å². The number of anilines is 1. The first kappa shape index (κ1) is 21.6. The van der Waals surface area contributed by atoms with E-state index in [-0.39, 0.29) is 30.9 Å². The molecule has 3 rings (SSSR count). The molecule has 1 unspecified atom stereocenters. The molecule has 158 valence electrons. The van der Waals surface area contributed by atoms with E-state index in [1.165, 1.54) is 5.56 Å². The van der Waals surface area contributed by atoms with Crippen molar-refractivity contribution in [2.24, 2.45) is 0 Å². The number of likely N-dealkylation sites (N-methyl/N-ethyl adjacent to an activating group) is 1. The van der Waals surface area contributed by atoms with Crippen LogP contribution < -0.4 is 15.5 Å². The van der Waals surface area contributed by atoms with Gasteiger partial charge in [-0.15, -0.1) is 0 Å². The Labute approximate surface area is 177 Å². The molecule has 6 heteroatoms. The second-order valence-electron chi connectivity index (χ2n) is 8.11. The molecular weight excluding hydrogens is 378 g/mol. The molecule has 0 saturated carbocycles. The number of furan rings is 1. The summed E-state index contributed by atoms with van der Waals surface area (Å²) in [5, 5.41) is 6.94. The van der Waals surface area contributed by atoms with Crippen molar-refractivity contribution in [2.45, 2.75) is 33.7 Å². The Bertz CT molecular complexity index is 1010. The van der Waals surface area contributed by atoms with E-state index in [1.807, 2.05) is 77.2 Å². The topological polar surface area (TPSA) is 75.8 Å². The highest BCUT2D eigenvalue weighted by molar-refractivity contribution is 5.93. The van der Waals surface area contributed by atoms with Crippen molar-refractivity contribution >= 4 is 28.5 Å². The Morgan fingerprint density at radius 1 is 1.00 bits per heavy atom. The predicted molar refractivity (Wildman–Crippen MR) is 119 cm³/mol. The molecule has 30 heavy (non-hydrogen) atoms. The summed E-state index contributed by atoms with van der Waals surface area (Å²) in [6.07, 6.45) is 0. The standard InChI is InChI=1S/C24H29N3O3/c1-15-10-16(2)24(17(3)11-15)26-23(29)14-27(5)13-22(28)25-18(4)21-12-19-8-6-7-9-20(19)30-21/h6-12,18H,13-14H2,1-5H3,(H,25,28)(H,26,29)/p+1/t18-/m1/s1. The Kier molecular flexibility index (Phi) is 6.57. The molecule has 2 aromatic carbocycles. The number of carbonyl (C=O) groups excluding carboxylic acids is 2. The normalized spacial score (nSPS) is 13.1. The average molecular weight is 409 g/mol. The average Bonchev–Trinajstić information content (AvgIpc) is 3.08. The van der Waals surface area contributed by atoms with Gasteiger partial charge in [0.2, 0.25) is 0 Å². The van der Waals surface area contributed by atoms with Crippen LogP contribution in [0.3, 0.4) is 0 Å². The number of para-hydroxylation sites is 1. The molecule has 0 aliphatic rings. The van der Waals surface area contributed by atoms with Crippen molar-refractivity contribution in [2.75, 3.05) is 25.5 Å². The molecule has 0 spiro atoms. The summed E-state index contributed by atoms with van der Waals surface area (Å²) < 4.78 is 5.81. The molecule has 2 amide bonds. The molecule has 1 aromatic heterocycles. The van der Waals surface area contributed by atoms with Crippen molar-refractivity contribution in [1.29, 1.82) is 0 Å². The molecule has 0 saturated heterocycles. The van der Waals surface area contributed by atoms with Crippen LogP contribution in [0.2, 0.25) is 0 Å². The van der Waals surface area contributed by atoms with Crippen molar-refractivity contribution in [3.63, 3.8) is 0 Å². The lowest BCUT2D eigenvalue weighted by Gasteiger charge is -2.17. The molecule has 0 aliphatic heterocycles. The summed E-state index contributed by atoms with van der Waals surface area (Å²) in [7, 11) is 1.83.